The van der Waals surface area contributed by atoms with Crippen molar-refractivity contribution in [3.63, 3.8) is 0 Å². The monoisotopic (exact) mass is 317 g/mol. The number of amides is 2. The third kappa shape index (κ3) is 4.56. The molecule has 1 heterocycles. The van der Waals surface area contributed by atoms with Crippen molar-refractivity contribution >= 4 is 11.8 Å². The molecule has 124 valence electrons. The van der Waals surface area contributed by atoms with Crippen LogP contribution < -0.4 is 16.0 Å². The standard InChI is InChI=1S/C17H23N3O3/c1-12(2)11-23-15-7-5-13(6-8-15)17(22)20-9-3-4-14(10-20)16(21)19-18/h5-8,14H,1,3-4,9-11,18H2,2H3,(H,19,21). The van der Waals surface area contributed by atoms with E-state index in [0.717, 1.165) is 18.4 Å². The molecule has 1 unspecified atom stereocenters. The Morgan fingerprint density at radius 2 is 2.09 bits per heavy atom. The molecule has 0 saturated carbocycles. The molecule has 3 N–H and O–H groups in total. The highest BCUT2D eigenvalue weighted by molar-refractivity contribution is 5.94. The number of rotatable bonds is 5. The molecule has 2 rings (SSSR count). The van der Waals surface area contributed by atoms with Gasteiger partial charge in [-0.2, -0.15) is 0 Å². The molecule has 0 bridgehead atoms. The maximum atomic E-state index is 12.5. The average molecular weight is 317 g/mol. The molecule has 1 aromatic rings. The van der Waals surface area contributed by atoms with Gasteiger partial charge in [0, 0.05) is 18.7 Å². The molecule has 6 heteroatoms. The van der Waals surface area contributed by atoms with Crippen LogP contribution >= 0.6 is 0 Å². The van der Waals surface area contributed by atoms with Crippen molar-refractivity contribution in [3.05, 3.63) is 42.0 Å². The highest BCUT2D eigenvalue weighted by Crippen LogP contribution is 2.20. The van der Waals surface area contributed by atoms with Crippen LogP contribution in [0.4, 0.5) is 0 Å². The van der Waals surface area contributed by atoms with Crippen molar-refractivity contribution in [1.82, 2.24) is 10.3 Å². The summed E-state index contributed by atoms with van der Waals surface area (Å²) in [6.45, 7) is 7.18. The summed E-state index contributed by atoms with van der Waals surface area (Å²) in [7, 11) is 0. The van der Waals surface area contributed by atoms with Crippen LogP contribution in [0.15, 0.2) is 36.4 Å². The van der Waals surface area contributed by atoms with E-state index in [4.69, 9.17) is 10.6 Å². The summed E-state index contributed by atoms with van der Waals surface area (Å²) in [5.41, 5.74) is 3.68. The van der Waals surface area contributed by atoms with Crippen molar-refractivity contribution in [3.8, 4) is 5.75 Å². The first-order valence-electron chi connectivity index (χ1n) is 7.68. The molecule has 6 nitrogen and oxygen atoms in total. The van der Waals surface area contributed by atoms with E-state index < -0.39 is 0 Å². The summed E-state index contributed by atoms with van der Waals surface area (Å²) >= 11 is 0. The number of hydrazine groups is 1. The molecule has 1 aromatic carbocycles. The molecule has 0 aromatic heterocycles. The Balaban J connectivity index is 1.99. The zero-order chi connectivity index (χ0) is 16.8. The summed E-state index contributed by atoms with van der Waals surface area (Å²) < 4.78 is 5.52. The maximum Gasteiger partial charge on any atom is 0.253 e. The van der Waals surface area contributed by atoms with Crippen molar-refractivity contribution in [1.29, 1.82) is 0 Å². The van der Waals surface area contributed by atoms with Crippen molar-refractivity contribution in [2.75, 3.05) is 19.7 Å². The van der Waals surface area contributed by atoms with Crippen molar-refractivity contribution in [2.45, 2.75) is 19.8 Å². The zero-order valence-electron chi connectivity index (χ0n) is 13.4. The Kier molecular flexibility index (Phi) is 5.76. The Morgan fingerprint density at radius 1 is 1.39 bits per heavy atom. The number of carbonyl (C=O) groups is 2. The van der Waals surface area contributed by atoms with Gasteiger partial charge in [0.1, 0.15) is 12.4 Å². The van der Waals surface area contributed by atoms with Crippen molar-refractivity contribution < 1.29 is 14.3 Å². The third-order valence-electron chi connectivity index (χ3n) is 3.81. The SMILES string of the molecule is C=C(C)COc1ccc(C(=O)N2CCCC(C(=O)NN)C2)cc1. The van der Waals surface area contributed by atoms with Gasteiger partial charge in [-0.1, -0.05) is 6.58 Å². The lowest BCUT2D eigenvalue weighted by atomic mass is 9.97. The van der Waals surface area contributed by atoms with Gasteiger partial charge >= 0.3 is 0 Å². The summed E-state index contributed by atoms with van der Waals surface area (Å²) in [5, 5.41) is 0. The smallest absolute Gasteiger partial charge is 0.253 e. The number of nitrogens with two attached hydrogens (primary N) is 1. The van der Waals surface area contributed by atoms with Gasteiger partial charge in [0.05, 0.1) is 5.92 Å². The number of piperidine rings is 1. The number of carbonyl (C=O) groups excluding carboxylic acids is 2. The molecule has 1 aliphatic heterocycles. The fourth-order valence-electron chi connectivity index (χ4n) is 2.58. The fourth-order valence-corrected chi connectivity index (χ4v) is 2.58. The van der Waals surface area contributed by atoms with Gasteiger partial charge in [-0.15, -0.1) is 0 Å². The van der Waals surface area contributed by atoms with E-state index in [1.165, 1.54) is 0 Å². The number of nitrogens with one attached hydrogen (secondary N) is 1. The number of ether oxygens (including phenoxy) is 1. The molecular weight excluding hydrogens is 294 g/mol. The molecule has 0 spiro atoms. The highest BCUT2D eigenvalue weighted by atomic mass is 16.5. The van der Waals surface area contributed by atoms with Gasteiger partial charge in [0.2, 0.25) is 5.91 Å². The number of nitrogens with zero attached hydrogens (tertiary/aromatic N) is 1. The summed E-state index contributed by atoms with van der Waals surface area (Å²) in [6, 6.07) is 7.01. The second-order valence-corrected chi connectivity index (χ2v) is 5.87. The van der Waals surface area contributed by atoms with E-state index in [1.807, 2.05) is 6.92 Å². The lowest BCUT2D eigenvalue weighted by Gasteiger charge is -2.31. The molecule has 0 radical (unpaired) electrons. The van der Waals surface area contributed by atoms with Gasteiger partial charge in [0.25, 0.3) is 5.91 Å². The molecule has 0 aliphatic carbocycles. The molecule has 1 atom stereocenters. The lowest BCUT2D eigenvalue weighted by molar-refractivity contribution is -0.126. The normalized spacial score (nSPS) is 17.5. The summed E-state index contributed by atoms with van der Waals surface area (Å²) in [6.07, 6.45) is 1.55. The minimum atomic E-state index is -0.240. The van der Waals surface area contributed by atoms with Gasteiger partial charge < -0.3 is 9.64 Å². The highest BCUT2D eigenvalue weighted by Gasteiger charge is 2.28. The van der Waals surface area contributed by atoms with E-state index in [2.05, 4.69) is 12.0 Å². The van der Waals surface area contributed by atoms with Gasteiger partial charge in [-0.05, 0) is 49.6 Å². The number of likely N-dealkylation sites (tertiary alicyclic amines) is 1. The topological polar surface area (TPSA) is 84.7 Å². The minimum absolute atomic E-state index is 0.0778. The zero-order valence-corrected chi connectivity index (χ0v) is 13.4. The van der Waals surface area contributed by atoms with Crippen LogP contribution in [-0.4, -0.2) is 36.4 Å². The van der Waals surface area contributed by atoms with Crippen LogP contribution in [0.25, 0.3) is 0 Å². The van der Waals surface area contributed by atoms with Crippen LogP contribution in [0.5, 0.6) is 5.75 Å². The predicted octanol–water partition coefficient (Wildman–Crippen LogP) is 1.48. The van der Waals surface area contributed by atoms with Crippen LogP contribution in [0.3, 0.4) is 0 Å². The first-order chi connectivity index (χ1) is 11.0. The first-order valence-corrected chi connectivity index (χ1v) is 7.68. The van der Waals surface area contributed by atoms with E-state index in [0.29, 0.717) is 31.0 Å². The molecule has 2 amide bonds. The van der Waals surface area contributed by atoms with Crippen LogP contribution in [0, 0.1) is 5.92 Å². The summed E-state index contributed by atoms with van der Waals surface area (Å²) in [4.78, 5) is 25.9. The van der Waals surface area contributed by atoms with Crippen LogP contribution in [0.2, 0.25) is 0 Å². The van der Waals surface area contributed by atoms with E-state index in [-0.39, 0.29) is 17.7 Å². The molecule has 1 aliphatic rings. The Labute approximate surface area is 136 Å². The molecule has 1 fully saturated rings. The average Bonchev–Trinajstić information content (AvgIpc) is 2.59. The quantitative estimate of drug-likeness (QED) is 0.373. The van der Waals surface area contributed by atoms with Crippen LogP contribution in [-0.2, 0) is 4.79 Å². The minimum Gasteiger partial charge on any atom is -0.489 e. The molecule has 1 saturated heterocycles. The van der Waals surface area contributed by atoms with Crippen LogP contribution in [0.1, 0.15) is 30.1 Å². The number of hydrogen-bond donors (Lipinski definition) is 2. The van der Waals surface area contributed by atoms with Gasteiger partial charge in [-0.25, -0.2) is 5.84 Å². The maximum absolute atomic E-state index is 12.5. The molecular formula is C17H23N3O3. The lowest BCUT2D eigenvalue weighted by Crippen LogP contribution is -2.46. The van der Waals surface area contributed by atoms with Gasteiger partial charge in [-0.3, -0.25) is 15.0 Å². The molecule has 23 heavy (non-hydrogen) atoms. The Morgan fingerprint density at radius 3 is 2.70 bits per heavy atom. The van der Waals surface area contributed by atoms with E-state index in [1.54, 1.807) is 29.2 Å². The van der Waals surface area contributed by atoms with E-state index >= 15 is 0 Å². The predicted molar refractivity (Wildman–Crippen MR) is 87.7 cm³/mol. The Bertz CT molecular complexity index is 583. The fraction of sp³-hybridized carbons (Fsp3) is 0.412. The Hall–Kier alpha value is -2.34. The van der Waals surface area contributed by atoms with Gasteiger partial charge in [0.15, 0.2) is 0 Å². The van der Waals surface area contributed by atoms with Crippen molar-refractivity contribution in [2.24, 2.45) is 11.8 Å². The van der Waals surface area contributed by atoms with E-state index in [9.17, 15) is 9.59 Å². The third-order valence-corrected chi connectivity index (χ3v) is 3.81. The first kappa shape index (κ1) is 17.0. The second-order valence-electron chi connectivity index (χ2n) is 5.87. The number of benzene rings is 1. The number of hydrogen-bond acceptors (Lipinski definition) is 4. The largest absolute Gasteiger partial charge is 0.489 e. The summed E-state index contributed by atoms with van der Waals surface area (Å²) in [5.74, 6) is 5.34. The second kappa shape index (κ2) is 7.78.